The Morgan fingerprint density at radius 2 is 2.55 bits per heavy atom. The minimum absolute atomic E-state index is 0.0226. The molecule has 2 fully saturated rings. The molecule has 64 valence electrons. The molecule has 3 heteroatoms. The van der Waals surface area contributed by atoms with Crippen molar-refractivity contribution in [2.45, 2.75) is 12.0 Å². The van der Waals surface area contributed by atoms with Crippen LogP contribution in [-0.4, -0.2) is 43.8 Å². The van der Waals surface area contributed by atoms with Gasteiger partial charge in [0.05, 0.1) is 5.60 Å². The van der Waals surface area contributed by atoms with Gasteiger partial charge in [-0.1, -0.05) is 0 Å². The van der Waals surface area contributed by atoms with E-state index in [1.165, 1.54) is 6.42 Å². The Morgan fingerprint density at radius 3 is 3.18 bits per heavy atom. The smallest absolute Gasteiger partial charge is 0.0970 e. The van der Waals surface area contributed by atoms with E-state index in [1.54, 1.807) is 0 Å². The first-order valence-corrected chi connectivity index (χ1v) is 4.29. The van der Waals surface area contributed by atoms with Crippen LogP contribution < -0.4 is 5.73 Å². The largest absolute Gasteiger partial charge is 0.372 e. The maximum atomic E-state index is 5.72. The van der Waals surface area contributed by atoms with Gasteiger partial charge in [-0.15, -0.1) is 0 Å². The Kier molecular flexibility index (Phi) is 1.67. The molecule has 2 saturated heterocycles. The maximum Gasteiger partial charge on any atom is 0.0970 e. The molecule has 3 nitrogen and oxygen atoms in total. The van der Waals surface area contributed by atoms with Crippen molar-refractivity contribution in [1.29, 1.82) is 0 Å². The zero-order chi connectivity index (χ0) is 7.90. The van der Waals surface area contributed by atoms with Gasteiger partial charge in [-0.2, -0.15) is 0 Å². The summed E-state index contributed by atoms with van der Waals surface area (Å²) in [7, 11) is 2.14. The first-order valence-electron chi connectivity index (χ1n) is 4.29. The predicted octanol–water partition coefficient (Wildman–Crippen LogP) is -0.334. The highest BCUT2D eigenvalue weighted by Gasteiger charge is 2.48. The summed E-state index contributed by atoms with van der Waals surface area (Å²) in [6, 6.07) is 0. The maximum absolute atomic E-state index is 5.72. The Hall–Kier alpha value is -0.120. The third-order valence-electron chi connectivity index (χ3n) is 3.01. The number of hydrogen-bond donors (Lipinski definition) is 1. The summed E-state index contributed by atoms with van der Waals surface area (Å²) in [5.41, 5.74) is 5.74. The van der Waals surface area contributed by atoms with E-state index in [2.05, 4.69) is 11.9 Å². The Bertz CT molecular complexity index is 162. The fraction of sp³-hybridized carbons (Fsp3) is 1.00. The molecule has 0 amide bonds. The molecule has 0 saturated carbocycles. The van der Waals surface area contributed by atoms with Crippen LogP contribution in [0.2, 0.25) is 0 Å². The monoisotopic (exact) mass is 156 g/mol. The van der Waals surface area contributed by atoms with Crippen molar-refractivity contribution in [1.82, 2.24) is 4.90 Å². The summed E-state index contributed by atoms with van der Waals surface area (Å²) in [6.07, 6.45) is 1.20. The highest BCUT2D eigenvalue weighted by molar-refractivity contribution is 5.01. The summed E-state index contributed by atoms with van der Waals surface area (Å²) in [4.78, 5) is 2.32. The minimum atomic E-state index is 0.0226. The number of nitrogens with two attached hydrogens (primary N) is 1. The van der Waals surface area contributed by atoms with Crippen molar-refractivity contribution >= 4 is 0 Å². The molecule has 0 aromatic rings. The van der Waals surface area contributed by atoms with Crippen molar-refractivity contribution in [2.24, 2.45) is 11.7 Å². The van der Waals surface area contributed by atoms with Crippen molar-refractivity contribution in [3.8, 4) is 0 Å². The molecule has 0 bridgehead atoms. The molecule has 2 aliphatic rings. The number of likely N-dealkylation sites (tertiary alicyclic amines) is 1. The molecular formula is C8H16N2O. The van der Waals surface area contributed by atoms with E-state index in [4.69, 9.17) is 10.5 Å². The minimum Gasteiger partial charge on any atom is -0.372 e. The van der Waals surface area contributed by atoms with Crippen molar-refractivity contribution < 1.29 is 4.74 Å². The van der Waals surface area contributed by atoms with Crippen molar-refractivity contribution in [3.05, 3.63) is 0 Å². The zero-order valence-corrected chi connectivity index (χ0v) is 7.05. The van der Waals surface area contributed by atoms with Gasteiger partial charge < -0.3 is 15.4 Å². The lowest BCUT2D eigenvalue weighted by Gasteiger charge is -2.25. The second-order valence-electron chi connectivity index (χ2n) is 3.80. The molecule has 2 N–H and O–H groups in total. The van der Waals surface area contributed by atoms with Crippen LogP contribution in [0.15, 0.2) is 0 Å². The molecule has 11 heavy (non-hydrogen) atoms. The van der Waals surface area contributed by atoms with Crippen LogP contribution in [-0.2, 0) is 4.74 Å². The van der Waals surface area contributed by atoms with Crippen LogP contribution >= 0.6 is 0 Å². The number of fused-ring (bicyclic) bond motifs is 1. The van der Waals surface area contributed by atoms with E-state index in [0.717, 1.165) is 19.7 Å². The standard InChI is InChI=1S/C8H16N2O/c1-10-4-7-2-3-11-8(7,5-9)6-10/h7H,2-6,9H2,1H3. The van der Waals surface area contributed by atoms with E-state index >= 15 is 0 Å². The van der Waals surface area contributed by atoms with Crippen LogP contribution in [0.25, 0.3) is 0 Å². The average molecular weight is 156 g/mol. The molecule has 0 aromatic heterocycles. The van der Waals surface area contributed by atoms with Crippen LogP contribution in [0.4, 0.5) is 0 Å². The third-order valence-corrected chi connectivity index (χ3v) is 3.01. The second kappa shape index (κ2) is 2.44. The number of ether oxygens (including phenoxy) is 1. The molecule has 2 atom stereocenters. The molecule has 2 aliphatic heterocycles. The van der Waals surface area contributed by atoms with Crippen molar-refractivity contribution in [3.63, 3.8) is 0 Å². The van der Waals surface area contributed by atoms with Crippen LogP contribution in [0.3, 0.4) is 0 Å². The van der Waals surface area contributed by atoms with Gasteiger partial charge >= 0.3 is 0 Å². The molecule has 0 aliphatic carbocycles. The molecule has 2 rings (SSSR count). The van der Waals surface area contributed by atoms with Gasteiger partial charge in [0, 0.05) is 32.2 Å². The van der Waals surface area contributed by atoms with E-state index in [0.29, 0.717) is 12.5 Å². The van der Waals surface area contributed by atoms with Crippen LogP contribution in [0, 0.1) is 5.92 Å². The fourth-order valence-electron chi connectivity index (χ4n) is 2.41. The summed E-state index contributed by atoms with van der Waals surface area (Å²) in [5, 5.41) is 0. The lowest BCUT2D eigenvalue weighted by atomic mass is 9.91. The Morgan fingerprint density at radius 1 is 1.73 bits per heavy atom. The first kappa shape index (κ1) is 7.53. The summed E-state index contributed by atoms with van der Waals surface area (Å²) in [6.45, 7) is 3.78. The van der Waals surface area contributed by atoms with Gasteiger partial charge in [0.1, 0.15) is 0 Å². The number of rotatable bonds is 1. The molecule has 0 radical (unpaired) electrons. The molecule has 0 spiro atoms. The second-order valence-corrected chi connectivity index (χ2v) is 3.80. The van der Waals surface area contributed by atoms with Crippen LogP contribution in [0.1, 0.15) is 6.42 Å². The van der Waals surface area contributed by atoms with Gasteiger partial charge in [-0.05, 0) is 13.5 Å². The first-order chi connectivity index (χ1) is 5.27. The van der Waals surface area contributed by atoms with Gasteiger partial charge in [0.2, 0.25) is 0 Å². The van der Waals surface area contributed by atoms with Gasteiger partial charge in [-0.3, -0.25) is 0 Å². The lowest BCUT2D eigenvalue weighted by molar-refractivity contribution is 0.00398. The summed E-state index contributed by atoms with van der Waals surface area (Å²) >= 11 is 0. The quantitative estimate of drug-likeness (QED) is 0.565. The molecular weight excluding hydrogens is 140 g/mol. The molecule has 2 heterocycles. The summed E-state index contributed by atoms with van der Waals surface area (Å²) < 4.78 is 5.72. The average Bonchev–Trinajstić information content (AvgIpc) is 2.43. The summed E-state index contributed by atoms with van der Waals surface area (Å²) in [5.74, 6) is 0.692. The molecule has 0 aromatic carbocycles. The highest BCUT2D eigenvalue weighted by atomic mass is 16.5. The predicted molar refractivity (Wildman–Crippen MR) is 43.3 cm³/mol. The Labute approximate surface area is 67.5 Å². The SMILES string of the molecule is CN1CC2CCOC2(CN)C1. The third kappa shape index (κ3) is 0.991. The number of nitrogens with zero attached hydrogens (tertiary/aromatic N) is 1. The normalized spacial score (nSPS) is 44.7. The lowest BCUT2D eigenvalue weighted by Crippen LogP contribution is -2.43. The Balaban J connectivity index is 2.15. The van der Waals surface area contributed by atoms with E-state index in [-0.39, 0.29) is 5.60 Å². The number of likely N-dealkylation sites (N-methyl/N-ethyl adjacent to an activating group) is 1. The van der Waals surface area contributed by atoms with E-state index in [1.807, 2.05) is 0 Å². The van der Waals surface area contributed by atoms with Crippen molar-refractivity contribution in [2.75, 3.05) is 33.3 Å². The number of hydrogen-bond acceptors (Lipinski definition) is 3. The molecule has 2 unspecified atom stereocenters. The van der Waals surface area contributed by atoms with Gasteiger partial charge in [0.15, 0.2) is 0 Å². The van der Waals surface area contributed by atoms with E-state index < -0.39 is 0 Å². The van der Waals surface area contributed by atoms with E-state index in [9.17, 15) is 0 Å². The highest BCUT2D eigenvalue weighted by Crippen LogP contribution is 2.37. The topological polar surface area (TPSA) is 38.5 Å². The van der Waals surface area contributed by atoms with Gasteiger partial charge in [0.25, 0.3) is 0 Å². The van der Waals surface area contributed by atoms with Gasteiger partial charge in [-0.25, -0.2) is 0 Å². The zero-order valence-electron chi connectivity index (χ0n) is 7.05. The fourth-order valence-corrected chi connectivity index (χ4v) is 2.41. The van der Waals surface area contributed by atoms with Crippen LogP contribution in [0.5, 0.6) is 0 Å².